The summed E-state index contributed by atoms with van der Waals surface area (Å²) in [7, 11) is 0. The van der Waals surface area contributed by atoms with Crippen molar-refractivity contribution in [1.29, 1.82) is 0 Å². The molecular formula is C23H34O2. The van der Waals surface area contributed by atoms with Crippen LogP contribution in [0.1, 0.15) is 73.1 Å². The van der Waals surface area contributed by atoms with Crippen LogP contribution in [0.15, 0.2) is 11.6 Å². The standard InChI is InChI=1S/C23H34O2/c1-13-14(2)23(5)16(12-21(13)25)6-7-17-19-9-8-18(15(3)24)22(19,4)11-10-20(17)23/h12-14,17-20H,6-11H2,1-5H3/t13?,14?,17-,18+,19-,20+,22?,23+/m0/s1. The topological polar surface area (TPSA) is 34.1 Å². The summed E-state index contributed by atoms with van der Waals surface area (Å²) in [5.41, 5.74) is 1.85. The van der Waals surface area contributed by atoms with E-state index in [2.05, 4.69) is 27.7 Å². The zero-order valence-corrected chi connectivity index (χ0v) is 16.6. The summed E-state index contributed by atoms with van der Waals surface area (Å²) in [4.78, 5) is 24.6. The van der Waals surface area contributed by atoms with Crippen LogP contribution in [0.25, 0.3) is 0 Å². The van der Waals surface area contributed by atoms with Crippen LogP contribution in [0, 0.1) is 46.3 Å². The number of rotatable bonds is 1. The predicted octanol–water partition coefficient (Wildman–Crippen LogP) is 5.22. The fourth-order valence-corrected chi connectivity index (χ4v) is 7.86. The maximum absolute atomic E-state index is 12.4. The molecule has 3 fully saturated rings. The van der Waals surface area contributed by atoms with Crippen LogP contribution in [0.4, 0.5) is 0 Å². The third kappa shape index (κ3) is 2.15. The molecule has 0 aliphatic heterocycles. The largest absolute Gasteiger partial charge is 0.300 e. The van der Waals surface area contributed by atoms with Gasteiger partial charge in [-0.05, 0) is 86.0 Å². The molecule has 0 aromatic heterocycles. The maximum Gasteiger partial charge on any atom is 0.158 e. The molecule has 0 radical (unpaired) electrons. The van der Waals surface area contributed by atoms with Crippen molar-refractivity contribution < 1.29 is 9.59 Å². The zero-order chi connectivity index (χ0) is 18.1. The summed E-state index contributed by atoms with van der Waals surface area (Å²) in [6.07, 6.45) is 9.11. The van der Waals surface area contributed by atoms with E-state index in [1.165, 1.54) is 31.3 Å². The average molecular weight is 343 g/mol. The molecule has 2 heteroatoms. The van der Waals surface area contributed by atoms with Crippen molar-refractivity contribution in [3.05, 3.63) is 11.6 Å². The van der Waals surface area contributed by atoms with Crippen molar-refractivity contribution in [2.75, 3.05) is 0 Å². The van der Waals surface area contributed by atoms with Gasteiger partial charge in [-0.3, -0.25) is 9.59 Å². The number of hydrogen-bond donors (Lipinski definition) is 0. The number of allylic oxidation sites excluding steroid dienone is 1. The van der Waals surface area contributed by atoms with E-state index in [1.807, 2.05) is 13.0 Å². The quantitative estimate of drug-likeness (QED) is 0.655. The van der Waals surface area contributed by atoms with Crippen molar-refractivity contribution >= 4 is 11.6 Å². The molecule has 2 nitrogen and oxygen atoms in total. The second-order valence-corrected chi connectivity index (χ2v) is 10.1. The lowest BCUT2D eigenvalue weighted by Gasteiger charge is -2.60. The molecule has 8 atom stereocenters. The number of Topliss-reactive ketones (excluding diaryl/α,β-unsaturated/α-hetero) is 1. The predicted molar refractivity (Wildman–Crippen MR) is 100.0 cm³/mol. The lowest BCUT2D eigenvalue weighted by atomic mass is 9.44. The van der Waals surface area contributed by atoms with Crippen molar-refractivity contribution in [3.63, 3.8) is 0 Å². The molecule has 0 spiro atoms. The molecule has 3 unspecified atom stereocenters. The Morgan fingerprint density at radius 1 is 1.08 bits per heavy atom. The van der Waals surface area contributed by atoms with Crippen LogP contribution < -0.4 is 0 Å². The maximum atomic E-state index is 12.4. The molecule has 0 heterocycles. The number of carbonyl (C=O) groups excluding carboxylic acids is 2. The highest BCUT2D eigenvalue weighted by Crippen LogP contribution is 2.67. The molecule has 4 aliphatic carbocycles. The molecule has 0 saturated heterocycles. The van der Waals surface area contributed by atoms with E-state index in [0.29, 0.717) is 29.3 Å². The number of hydrogen-bond acceptors (Lipinski definition) is 2. The smallest absolute Gasteiger partial charge is 0.158 e. The lowest BCUT2D eigenvalue weighted by Crippen LogP contribution is -2.54. The van der Waals surface area contributed by atoms with E-state index in [0.717, 1.165) is 18.8 Å². The second kappa shape index (κ2) is 5.54. The molecule has 0 aromatic carbocycles. The van der Waals surface area contributed by atoms with Crippen molar-refractivity contribution in [3.8, 4) is 0 Å². The summed E-state index contributed by atoms with van der Waals surface area (Å²) in [6, 6.07) is 0. The van der Waals surface area contributed by atoms with E-state index in [4.69, 9.17) is 0 Å². The van der Waals surface area contributed by atoms with Crippen LogP contribution in [0.5, 0.6) is 0 Å². The van der Waals surface area contributed by atoms with Gasteiger partial charge >= 0.3 is 0 Å². The molecular weight excluding hydrogens is 308 g/mol. The van der Waals surface area contributed by atoms with Gasteiger partial charge in [0.1, 0.15) is 5.78 Å². The van der Waals surface area contributed by atoms with E-state index >= 15 is 0 Å². The minimum atomic E-state index is 0.148. The molecule has 0 bridgehead atoms. The lowest BCUT2D eigenvalue weighted by molar-refractivity contribution is -0.132. The second-order valence-electron chi connectivity index (χ2n) is 10.1. The number of carbonyl (C=O) groups is 2. The molecule has 0 N–H and O–H groups in total. The van der Waals surface area contributed by atoms with Gasteiger partial charge in [-0.25, -0.2) is 0 Å². The van der Waals surface area contributed by atoms with Gasteiger partial charge in [0.15, 0.2) is 5.78 Å². The third-order valence-corrected chi connectivity index (χ3v) is 9.60. The van der Waals surface area contributed by atoms with Crippen LogP contribution in [0.3, 0.4) is 0 Å². The summed E-state index contributed by atoms with van der Waals surface area (Å²) in [5, 5.41) is 0. The Balaban J connectivity index is 1.71. The third-order valence-electron chi connectivity index (χ3n) is 9.60. The minimum Gasteiger partial charge on any atom is -0.300 e. The van der Waals surface area contributed by atoms with Gasteiger partial charge in [-0.2, -0.15) is 0 Å². The van der Waals surface area contributed by atoms with Crippen molar-refractivity contribution in [1.82, 2.24) is 0 Å². The Kier molecular flexibility index (Phi) is 3.87. The van der Waals surface area contributed by atoms with Gasteiger partial charge in [0.2, 0.25) is 0 Å². The first-order valence-corrected chi connectivity index (χ1v) is 10.5. The SMILES string of the molecule is CC(=O)[C@H]1CC[C@H]2[C@@H]3CCC4=CC(=O)C(C)C(C)[C@@]4(C)[C@@H]3CCC12C. The molecule has 3 saturated carbocycles. The van der Waals surface area contributed by atoms with Crippen LogP contribution in [-0.4, -0.2) is 11.6 Å². The van der Waals surface area contributed by atoms with Crippen LogP contribution in [-0.2, 0) is 9.59 Å². The number of fused-ring (bicyclic) bond motifs is 5. The Hall–Kier alpha value is -0.920. The molecule has 0 aromatic rings. The first kappa shape index (κ1) is 17.5. The van der Waals surface area contributed by atoms with E-state index in [9.17, 15) is 9.59 Å². The Labute approximate surface area is 152 Å². The fourth-order valence-electron chi connectivity index (χ4n) is 7.86. The Morgan fingerprint density at radius 3 is 2.48 bits per heavy atom. The molecule has 0 amide bonds. The average Bonchev–Trinajstić information content (AvgIpc) is 2.92. The highest BCUT2D eigenvalue weighted by atomic mass is 16.1. The van der Waals surface area contributed by atoms with Gasteiger partial charge in [-0.15, -0.1) is 0 Å². The zero-order valence-electron chi connectivity index (χ0n) is 16.6. The summed E-state index contributed by atoms with van der Waals surface area (Å²) in [5.74, 6) is 3.77. The van der Waals surface area contributed by atoms with E-state index in [1.54, 1.807) is 0 Å². The number of ketones is 2. The highest BCUT2D eigenvalue weighted by molar-refractivity contribution is 5.93. The Bertz CT molecular complexity index is 646. The first-order chi connectivity index (χ1) is 11.7. The molecule has 4 aliphatic rings. The summed E-state index contributed by atoms with van der Waals surface area (Å²) >= 11 is 0. The monoisotopic (exact) mass is 342 g/mol. The van der Waals surface area contributed by atoms with Crippen LogP contribution in [0.2, 0.25) is 0 Å². The van der Waals surface area contributed by atoms with Gasteiger partial charge in [-0.1, -0.05) is 33.3 Å². The normalized spacial score (nSPS) is 52.0. The Morgan fingerprint density at radius 2 is 1.80 bits per heavy atom. The highest BCUT2D eigenvalue weighted by Gasteiger charge is 2.61. The molecule has 25 heavy (non-hydrogen) atoms. The molecule has 4 rings (SSSR count). The van der Waals surface area contributed by atoms with E-state index in [-0.39, 0.29) is 22.7 Å². The van der Waals surface area contributed by atoms with Crippen molar-refractivity contribution in [2.45, 2.75) is 73.1 Å². The molecule has 138 valence electrons. The fraction of sp³-hybridized carbons (Fsp3) is 0.826. The van der Waals surface area contributed by atoms with Gasteiger partial charge in [0.05, 0.1) is 0 Å². The minimum absolute atomic E-state index is 0.148. The van der Waals surface area contributed by atoms with Crippen molar-refractivity contribution in [2.24, 2.45) is 46.3 Å². The van der Waals surface area contributed by atoms with Gasteiger partial charge in [0.25, 0.3) is 0 Å². The van der Waals surface area contributed by atoms with Gasteiger partial charge < -0.3 is 0 Å². The summed E-state index contributed by atoms with van der Waals surface area (Å²) in [6.45, 7) is 11.1. The van der Waals surface area contributed by atoms with Crippen LogP contribution >= 0.6 is 0 Å². The first-order valence-electron chi connectivity index (χ1n) is 10.5. The van der Waals surface area contributed by atoms with Gasteiger partial charge in [0, 0.05) is 11.8 Å². The summed E-state index contributed by atoms with van der Waals surface area (Å²) < 4.78 is 0. The van der Waals surface area contributed by atoms with E-state index < -0.39 is 0 Å².